The Hall–Kier alpha value is -3.31. The Kier molecular flexibility index (Phi) is 5.46. The van der Waals surface area contributed by atoms with Crippen molar-refractivity contribution < 1.29 is 9.90 Å². The summed E-state index contributed by atoms with van der Waals surface area (Å²) >= 11 is 0. The Balaban J connectivity index is 1.65. The maximum atomic E-state index is 12.7. The fourth-order valence-electron chi connectivity index (χ4n) is 4.51. The number of fused-ring (bicyclic) bond motifs is 1. The average molecular weight is 407 g/mol. The standard InChI is InChI=1S/C22H25N5O3/c1-15-12-26(22(29)30)9-10-27(15)20-17-7-8-25(13-16-5-3-2-4-6-16)14-19(17)24-21(28)18(20)11-23/h2-6,15H,7-10,12-14H2,1H3,(H,24,28)(H,29,30)/t15-/m0/s1. The van der Waals surface area contributed by atoms with E-state index in [-0.39, 0.29) is 17.2 Å². The fraction of sp³-hybridized carbons (Fsp3) is 0.409. The highest BCUT2D eigenvalue weighted by Crippen LogP contribution is 2.32. The Morgan fingerprint density at radius 2 is 2.03 bits per heavy atom. The van der Waals surface area contributed by atoms with Gasteiger partial charge >= 0.3 is 6.09 Å². The number of anilines is 1. The third-order valence-corrected chi connectivity index (χ3v) is 5.98. The van der Waals surface area contributed by atoms with Crippen molar-refractivity contribution in [1.29, 1.82) is 5.26 Å². The molecule has 2 aliphatic rings. The zero-order chi connectivity index (χ0) is 21.3. The summed E-state index contributed by atoms with van der Waals surface area (Å²) in [6, 6.07) is 12.2. The van der Waals surface area contributed by atoms with Crippen LogP contribution in [-0.2, 0) is 19.5 Å². The smallest absolute Gasteiger partial charge is 0.407 e. The summed E-state index contributed by atoms with van der Waals surface area (Å²) in [5.41, 5.74) is 3.51. The highest BCUT2D eigenvalue weighted by Gasteiger charge is 2.32. The lowest BCUT2D eigenvalue weighted by molar-refractivity contribution is 0.136. The minimum absolute atomic E-state index is 0.116. The summed E-state index contributed by atoms with van der Waals surface area (Å²) in [6.45, 7) is 5.34. The molecule has 0 saturated carbocycles. The number of nitrogens with one attached hydrogen (secondary N) is 1. The van der Waals surface area contributed by atoms with E-state index in [0.29, 0.717) is 31.9 Å². The number of hydrogen-bond donors (Lipinski definition) is 2. The first-order chi connectivity index (χ1) is 14.5. The van der Waals surface area contributed by atoms with Gasteiger partial charge in [-0.3, -0.25) is 9.69 Å². The van der Waals surface area contributed by atoms with Gasteiger partial charge in [0, 0.05) is 51.0 Å². The van der Waals surface area contributed by atoms with Crippen LogP contribution in [0.1, 0.15) is 29.3 Å². The molecule has 1 fully saturated rings. The Morgan fingerprint density at radius 3 is 2.70 bits per heavy atom. The molecule has 30 heavy (non-hydrogen) atoms. The highest BCUT2D eigenvalue weighted by molar-refractivity contribution is 5.68. The molecule has 0 aliphatic carbocycles. The Morgan fingerprint density at radius 1 is 1.27 bits per heavy atom. The van der Waals surface area contributed by atoms with E-state index in [1.54, 1.807) is 0 Å². The maximum Gasteiger partial charge on any atom is 0.407 e. The summed E-state index contributed by atoms with van der Waals surface area (Å²) in [4.78, 5) is 32.7. The highest BCUT2D eigenvalue weighted by atomic mass is 16.4. The third-order valence-electron chi connectivity index (χ3n) is 5.98. The quantitative estimate of drug-likeness (QED) is 0.807. The molecule has 1 saturated heterocycles. The third kappa shape index (κ3) is 3.76. The molecule has 0 spiro atoms. The van der Waals surface area contributed by atoms with Gasteiger partial charge in [-0.1, -0.05) is 30.3 Å². The predicted octanol–water partition coefficient (Wildman–Crippen LogP) is 1.99. The molecule has 1 aromatic carbocycles. The van der Waals surface area contributed by atoms with Gasteiger partial charge in [-0.2, -0.15) is 5.26 Å². The van der Waals surface area contributed by atoms with Crippen LogP contribution in [0.3, 0.4) is 0 Å². The van der Waals surface area contributed by atoms with Gasteiger partial charge in [0.2, 0.25) is 0 Å². The molecular weight excluding hydrogens is 382 g/mol. The number of H-pyrrole nitrogens is 1. The first-order valence-corrected chi connectivity index (χ1v) is 10.2. The van der Waals surface area contributed by atoms with Gasteiger partial charge in [-0.25, -0.2) is 4.79 Å². The number of aromatic amines is 1. The normalized spacial score (nSPS) is 19.3. The zero-order valence-electron chi connectivity index (χ0n) is 17.0. The predicted molar refractivity (Wildman–Crippen MR) is 112 cm³/mol. The summed E-state index contributed by atoms with van der Waals surface area (Å²) < 4.78 is 0. The second-order valence-electron chi connectivity index (χ2n) is 7.96. The lowest BCUT2D eigenvalue weighted by atomic mass is 9.97. The first kappa shape index (κ1) is 20.0. The van der Waals surface area contributed by atoms with Crippen LogP contribution in [0.2, 0.25) is 0 Å². The largest absolute Gasteiger partial charge is 0.465 e. The van der Waals surface area contributed by atoms with Crippen LogP contribution in [0.15, 0.2) is 35.1 Å². The molecular formula is C22H25N5O3. The number of aromatic nitrogens is 1. The van der Waals surface area contributed by atoms with Crippen molar-refractivity contribution in [1.82, 2.24) is 14.8 Å². The molecule has 3 heterocycles. The monoisotopic (exact) mass is 407 g/mol. The van der Waals surface area contributed by atoms with Crippen LogP contribution in [0.5, 0.6) is 0 Å². The SMILES string of the molecule is C[C@H]1CN(C(=O)O)CCN1c1c2c([nH]c(=O)c1C#N)CN(Cc1ccccc1)CC2. The van der Waals surface area contributed by atoms with Crippen molar-refractivity contribution in [2.45, 2.75) is 32.5 Å². The summed E-state index contributed by atoms with van der Waals surface area (Å²) in [5.74, 6) is 0. The number of nitrogens with zero attached hydrogens (tertiary/aromatic N) is 4. The fourth-order valence-corrected chi connectivity index (χ4v) is 4.51. The number of amides is 1. The van der Waals surface area contributed by atoms with Crippen LogP contribution in [0.4, 0.5) is 10.5 Å². The molecule has 2 N–H and O–H groups in total. The molecule has 4 rings (SSSR count). The lowest BCUT2D eigenvalue weighted by Gasteiger charge is -2.42. The molecule has 2 aromatic rings. The van der Waals surface area contributed by atoms with Gasteiger partial charge in [-0.05, 0) is 24.5 Å². The Bertz CT molecular complexity index is 1040. The van der Waals surface area contributed by atoms with Crippen molar-refractivity contribution in [3.05, 3.63) is 63.1 Å². The van der Waals surface area contributed by atoms with Gasteiger partial charge in [0.05, 0.1) is 5.69 Å². The summed E-state index contributed by atoms with van der Waals surface area (Å²) in [5, 5.41) is 19.0. The Labute approximate surface area is 175 Å². The molecule has 0 bridgehead atoms. The number of nitriles is 1. The van der Waals surface area contributed by atoms with Crippen molar-refractivity contribution in [3.63, 3.8) is 0 Å². The van der Waals surface area contributed by atoms with Crippen LogP contribution >= 0.6 is 0 Å². The number of hydrogen-bond acceptors (Lipinski definition) is 5. The van der Waals surface area contributed by atoms with Gasteiger partial charge < -0.3 is 19.9 Å². The maximum absolute atomic E-state index is 12.7. The van der Waals surface area contributed by atoms with Crippen LogP contribution in [-0.4, -0.2) is 58.2 Å². The molecule has 156 valence electrons. The van der Waals surface area contributed by atoms with Gasteiger partial charge in [0.25, 0.3) is 5.56 Å². The summed E-state index contributed by atoms with van der Waals surface area (Å²) in [7, 11) is 0. The van der Waals surface area contributed by atoms with Crippen molar-refractivity contribution >= 4 is 11.8 Å². The number of piperazine rings is 1. The van der Waals surface area contributed by atoms with Crippen molar-refractivity contribution in [3.8, 4) is 6.07 Å². The van der Waals surface area contributed by atoms with E-state index in [1.807, 2.05) is 30.0 Å². The molecule has 8 heteroatoms. The number of pyridine rings is 1. The van der Waals surface area contributed by atoms with Crippen LogP contribution in [0, 0.1) is 11.3 Å². The van der Waals surface area contributed by atoms with E-state index < -0.39 is 6.09 Å². The van der Waals surface area contributed by atoms with Crippen molar-refractivity contribution in [2.24, 2.45) is 0 Å². The zero-order valence-corrected chi connectivity index (χ0v) is 17.0. The molecule has 8 nitrogen and oxygen atoms in total. The van der Waals surface area contributed by atoms with E-state index in [4.69, 9.17) is 0 Å². The second-order valence-corrected chi connectivity index (χ2v) is 7.96. The molecule has 0 unspecified atom stereocenters. The first-order valence-electron chi connectivity index (χ1n) is 10.2. The van der Waals surface area contributed by atoms with E-state index in [1.165, 1.54) is 10.5 Å². The number of carbonyl (C=O) groups is 1. The molecule has 2 aliphatic heterocycles. The van der Waals surface area contributed by atoms with Gasteiger partial charge in [-0.15, -0.1) is 0 Å². The molecule has 1 aromatic heterocycles. The van der Waals surface area contributed by atoms with Crippen LogP contribution in [0.25, 0.3) is 0 Å². The number of carboxylic acid groups (broad SMARTS) is 1. The van der Waals surface area contributed by atoms with E-state index >= 15 is 0 Å². The molecule has 1 amide bonds. The minimum Gasteiger partial charge on any atom is -0.465 e. The number of benzene rings is 1. The minimum atomic E-state index is -0.938. The van der Waals surface area contributed by atoms with Gasteiger partial charge in [0.1, 0.15) is 11.6 Å². The topological polar surface area (TPSA) is 104 Å². The lowest BCUT2D eigenvalue weighted by Crippen LogP contribution is -2.54. The molecule has 1 atom stereocenters. The van der Waals surface area contributed by atoms with E-state index in [2.05, 4.69) is 28.1 Å². The van der Waals surface area contributed by atoms with E-state index in [9.17, 15) is 20.0 Å². The van der Waals surface area contributed by atoms with Gasteiger partial charge in [0.15, 0.2) is 0 Å². The molecule has 0 radical (unpaired) electrons. The summed E-state index contributed by atoms with van der Waals surface area (Å²) in [6.07, 6.45) is -0.207. The second kappa shape index (κ2) is 8.20. The van der Waals surface area contributed by atoms with E-state index in [0.717, 1.165) is 30.8 Å². The number of rotatable bonds is 3. The van der Waals surface area contributed by atoms with Crippen molar-refractivity contribution in [2.75, 3.05) is 31.1 Å². The average Bonchev–Trinajstić information content (AvgIpc) is 2.73. The van der Waals surface area contributed by atoms with Crippen LogP contribution < -0.4 is 10.5 Å².